The van der Waals surface area contributed by atoms with E-state index in [-0.39, 0.29) is 11.7 Å². The molecule has 1 N–H and O–H groups in total. The summed E-state index contributed by atoms with van der Waals surface area (Å²) in [5.74, 6) is 1.59. The average molecular weight is 455 g/mol. The Morgan fingerprint density at radius 3 is 2.45 bits per heavy atom. The molecule has 0 spiro atoms. The minimum atomic E-state index is -0.110. The van der Waals surface area contributed by atoms with E-state index in [4.69, 9.17) is 4.74 Å². The molecule has 0 fully saturated rings. The van der Waals surface area contributed by atoms with E-state index in [1.165, 1.54) is 11.8 Å². The van der Waals surface area contributed by atoms with Gasteiger partial charge in [0.15, 0.2) is 10.8 Å². The first-order valence-corrected chi connectivity index (χ1v) is 11.6. The van der Waals surface area contributed by atoms with Gasteiger partial charge >= 0.3 is 0 Å². The minimum absolute atomic E-state index is 0.110. The summed E-state index contributed by atoms with van der Waals surface area (Å²) < 4.78 is 7.83. The SMILES string of the molecule is Cc1cc2nnc(SCC(=O)Nc3ccc(Oc4ccccc4)cc3)n2c2c(C)cccc12. The molecule has 0 aliphatic carbocycles. The summed E-state index contributed by atoms with van der Waals surface area (Å²) in [6.45, 7) is 4.15. The number of para-hydroxylation sites is 2. The third-order valence-corrected chi connectivity index (χ3v) is 6.27. The van der Waals surface area contributed by atoms with E-state index < -0.39 is 0 Å². The number of rotatable bonds is 6. The van der Waals surface area contributed by atoms with Crippen molar-refractivity contribution in [3.8, 4) is 11.5 Å². The first kappa shape index (κ1) is 21.0. The van der Waals surface area contributed by atoms with Crippen LogP contribution < -0.4 is 10.1 Å². The molecule has 0 aliphatic rings. The number of thioether (sulfide) groups is 1. The lowest BCUT2D eigenvalue weighted by Crippen LogP contribution is -2.14. The number of carbonyl (C=O) groups excluding carboxylic acids is 1. The highest BCUT2D eigenvalue weighted by Crippen LogP contribution is 2.28. The van der Waals surface area contributed by atoms with Crippen molar-refractivity contribution in [2.24, 2.45) is 0 Å². The molecular weight excluding hydrogens is 432 g/mol. The van der Waals surface area contributed by atoms with E-state index in [9.17, 15) is 4.79 Å². The van der Waals surface area contributed by atoms with Crippen LogP contribution >= 0.6 is 11.8 Å². The maximum absolute atomic E-state index is 12.6. The van der Waals surface area contributed by atoms with Gasteiger partial charge in [-0.3, -0.25) is 9.20 Å². The summed E-state index contributed by atoms with van der Waals surface area (Å²) in [4.78, 5) is 12.6. The molecule has 1 amide bonds. The Labute approximate surface area is 195 Å². The lowest BCUT2D eigenvalue weighted by Gasteiger charge is -2.10. The van der Waals surface area contributed by atoms with Gasteiger partial charge in [0.05, 0.1) is 11.3 Å². The van der Waals surface area contributed by atoms with Crippen LogP contribution in [0.2, 0.25) is 0 Å². The molecule has 2 heterocycles. The van der Waals surface area contributed by atoms with Gasteiger partial charge in [-0.05, 0) is 67.4 Å². The molecule has 0 aliphatic heterocycles. The van der Waals surface area contributed by atoms with E-state index >= 15 is 0 Å². The molecule has 0 atom stereocenters. The number of aryl methyl sites for hydroxylation is 2. The van der Waals surface area contributed by atoms with Crippen molar-refractivity contribution < 1.29 is 9.53 Å². The van der Waals surface area contributed by atoms with E-state index in [2.05, 4.69) is 47.6 Å². The van der Waals surface area contributed by atoms with Crippen molar-refractivity contribution in [2.45, 2.75) is 19.0 Å². The molecule has 164 valence electrons. The summed E-state index contributed by atoms with van der Waals surface area (Å²) in [6, 6.07) is 25.2. The summed E-state index contributed by atoms with van der Waals surface area (Å²) >= 11 is 1.37. The minimum Gasteiger partial charge on any atom is -0.457 e. The molecule has 5 aromatic rings. The summed E-state index contributed by atoms with van der Waals surface area (Å²) in [5.41, 5.74) is 4.87. The van der Waals surface area contributed by atoms with Crippen molar-refractivity contribution in [1.29, 1.82) is 0 Å². The maximum atomic E-state index is 12.6. The molecule has 0 saturated carbocycles. The molecular formula is C26H22N4O2S. The van der Waals surface area contributed by atoms with Crippen LogP contribution in [0.1, 0.15) is 11.1 Å². The fraction of sp³-hybridized carbons (Fsp3) is 0.115. The van der Waals surface area contributed by atoms with Crippen LogP contribution in [-0.2, 0) is 4.79 Å². The van der Waals surface area contributed by atoms with Gasteiger partial charge < -0.3 is 10.1 Å². The van der Waals surface area contributed by atoms with Crippen molar-refractivity contribution in [1.82, 2.24) is 14.6 Å². The number of benzene rings is 3. The molecule has 0 bridgehead atoms. The standard InChI is InChI=1S/C26H22N4O2S/c1-17-7-6-10-22-18(2)15-23-28-29-26(30(23)25(17)22)33-16-24(31)27-19-11-13-21(14-12-19)32-20-8-4-3-5-9-20/h3-15H,16H2,1-2H3,(H,27,31). The van der Waals surface area contributed by atoms with Crippen LogP contribution in [-0.4, -0.2) is 26.3 Å². The smallest absolute Gasteiger partial charge is 0.234 e. The Morgan fingerprint density at radius 1 is 0.909 bits per heavy atom. The maximum Gasteiger partial charge on any atom is 0.234 e. The molecule has 0 unspecified atom stereocenters. The molecule has 7 heteroatoms. The zero-order valence-electron chi connectivity index (χ0n) is 18.3. The largest absolute Gasteiger partial charge is 0.457 e. The van der Waals surface area contributed by atoms with Crippen LogP contribution in [0, 0.1) is 13.8 Å². The van der Waals surface area contributed by atoms with Gasteiger partial charge in [0, 0.05) is 11.1 Å². The monoisotopic (exact) mass is 454 g/mol. The number of pyridine rings is 1. The second kappa shape index (κ2) is 8.96. The van der Waals surface area contributed by atoms with Gasteiger partial charge in [0.25, 0.3) is 0 Å². The molecule has 3 aromatic carbocycles. The number of hydrogen-bond donors (Lipinski definition) is 1. The molecule has 2 aromatic heterocycles. The first-order chi connectivity index (χ1) is 16.1. The van der Waals surface area contributed by atoms with Gasteiger partial charge in [-0.25, -0.2) is 0 Å². The van der Waals surface area contributed by atoms with Crippen LogP contribution in [0.25, 0.3) is 16.6 Å². The number of amides is 1. The number of anilines is 1. The molecule has 0 radical (unpaired) electrons. The van der Waals surface area contributed by atoms with Crippen LogP contribution in [0.5, 0.6) is 11.5 Å². The fourth-order valence-corrected chi connectivity index (χ4v) is 4.53. The Kier molecular flexibility index (Phi) is 5.71. The lowest BCUT2D eigenvalue weighted by molar-refractivity contribution is -0.113. The number of ether oxygens (including phenoxy) is 1. The normalized spacial score (nSPS) is 11.1. The van der Waals surface area contributed by atoms with E-state index in [0.717, 1.165) is 33.4 Å². The van der Waals surface area contributed by atoms with Crippen molar-refractivity contribution >= 4 is 39.9 Å². The third-order valence-electron chi connectivity index (χ3n) is 5.34. The molecule has 6 nitrogen and oxygen atoms in total. The second-order valence-electron chi connectivity index (χ2n) is 7.75. The van der Waals surface area contributed by atoms with Gasteiger partial charge in [0.2, 0.25) is 5.91 Å². The molecule has 5 rings (SSSR count). The zero-order valence-corrected chi connectivity index (χ0v) is 19.1. The number of aromatic nitrogens is 3. The Bertz CT molecular complexity index is 1450. The highest BCUT2D eigenvalue weighted by molar-refractivity contribution is 7.99. The lowest BCUT2D eigenvalue weighted by atomic mass is 10.1. The van der Waals surface area contributed by atoms with Crippen LogP contribution in [0.15, 0.2) is 84.0 Å². The third kappa shape index (κ3) is 4.40. The fourth-order valence-electron chi connectivity index (χ4n) is 3.78. The number of nitrogens with one attached hydrogen (secondary N) is 1. The molecule has 0 saturated heterocycles. The van der Waals surface area contributed by atoms with Gasteiger partial charge in [-0.1, -0.05) is 48.2 Å². The van der Waals surface area contributed by atoms with Crippen molar-refractivity contribution in [3.05, 3.63) is 90.0 Å². The van der Waals surface area contributed by atoms with Gasteiger partial charge in [-0.15, -0.1) is 10.2 Å². The number of nitrogens with zero attached hydrogens (tertiary/aromatic N) is 3. The Morgan fingerprint density at radius 2 is 1.67 bits per heavy atom. The topological polar surface area (TPSA) is 68.5 Å². The average Bonchev–Trinajstić information content (AvgIpc) is 3.22. The van der Waals surface area contributed by atoms with Gasteiger partial charge in [-0.2, -0.15) is 0 Å². The zero-order chi connectivity index (χ0) is 22.8. The number of carbonyl (C=O) groups is 1. The molecule has 33 heavy (non-hydrogen) atoms. The highest BCUT2D eigenvalue weighted by atomic mass is 32.2. The first-order valence-electron chi connectivity index (χ1n) is 10.6. The van der Waals surface area contributed by atoms with E-state index in [1.807, 2.05) is 65.1 Å². The summed E-state index contributed by atoms with van der Waals surface area (Å²) in [6.07, 6.45) is 0. The Hall–Kier alpha value is -3.84. The van der Waals surface area contributed by atoms with Crippen LogP contribution in [0.3, 0.4) is 0 Å². The Balaban J connectivity index is 1.28. The highest BCUT2D eigenvalue weighted by Gasteiger charge is 2.14. The second-order valence-corrected chi connectivity index (χ2v) is 8.69. The predicted octanol–water partition coefficient (Wildman–Crippen LogP) is 6.02. The van der Waals surface area contributed by atoms with E-state index in [0.29, 0.717) is 16.6 Å². The summed E-state index contributed by atoms with van der Waals surface area (Å²) in [5, 5.41) is 13.4. The van der Waals surface area contributed by atoms with Crippen LogP contribution in [0.4, 0.5) is 5.69 Å². The van der Waals surface area contributed by atoms with Crippen molar-refractivity contribution in [3.63, 3.8) is 0 Å². The number of hydrogen-bond acceptors (Lipinski definition) is 5. The summed E-state index contributed by atoms with van der Waals surface area (Å²) in [7, 11) is 0. The predicted molar refractivity (Wildman–Crippen MR) is 132 cm³/mol. The van der Waals surface area contributed by atoms with Crippen molar-refractivity contribution in [2.75, 3.05) is 11.1 Å². The quantitative estimate of drug-likeness (QED) is 0.318. The van der Waals surface area contributed by atoms with Gasteiger partial charge in [0.1, 0.15) is 11.5 Å². The number of fused-ring (bicyclic) bond motifs is 3. The van der Waals surface area contributed by atoms with E-state index in [1.54, 1.807) is 0 Å².